The van der Waals surface area contributed by atoms with Crippen LogP contribution < -0.4 is 4.72 Å². The Balaban J connectivity index is 0.00000225. The molecule has 0 spiro atoms. The summed E-state index contributed by atoms with van der Waals surface area (Å²) in [7, 11) is -3.42. The van der Waals surface area contributed by atoms with E-state index in [0.29, 0.717) is 11.4 Å². The zero-order chi connectivity index (χ0) is 17.0. The molecule has 0 fully saturated rings. The summed E-state index contributed by atoms with van der Waals surface area (Å²) < 4.78 is 28.0. The summed E-state index contributed by atoms with van der Waals surface area (Å²) in [6, 6.07) is 15.2. The van der Waals surface area contributed by atoms with Gasteiger partial charge < -0.3 is 0 Å². The van der Waals surface area contributed by atoms with Crippen molar-refractivity contribution in [2.24, 2.45) is 0 Å². The van der Waals surface area contributed by atoms with E-state index < -0.39 is 10.0 Å². The van der Waals surface area contributed by atoms with Crippen LogP contribution in [0.5, 0.6) is 0 Å². The Morgan fingerprint density at radius 3 is 2.44 bits per heavy atom. The van der Waals surface area contributed by atoms with Gasteiger partial charge in [0.1, 0.15) is 0 Å². The summed E-state index contributed by atoms with van der Waals surface area (Å²) in [5.41, 5.74) is 2.82. The number of nitrogens with zero attached hydrogens (tertiary/aromatic N) is 1. The highest BCUT2D eigenvalue weighted by molar-refractivity contribution is 9.10. The smallest absolute Gasteiger partial charge is 0.240 e. The molecule has 0 aromatic heterocycles. The summed E-state index contributed by atoms with van der Waals surface area (Å²) in [5.74, 6) is 0. The third-order valence-electron chi connectivity index (χ3n) is 4.28. The van der Waals surface area contributed by atoms with E-state index in [1.54, 1.807) is 24.3 Å². The molecule has 0 radical (unpaired) electrons. The number of halogens is 2. The number of rotatable bonds is 6. The van der Waals surface area contributed by atoms with Gasteiger partial charge >= 0.3 is 0 Å². The molecule has 3 rings (SSSR count). The minimum Gasteiger partial charge on any atom is -0.299 e. The predicted octanol–water partition coefficient (Wildman–Crippen LogP) is 3.60. The van der Waals surface area contributed by atoms with Crippen molar-refractivity contribution in [3.05, 3.63) is 64.1 Å². The van der Waals surface area contributed by atoms with Crippen LogP contribution in [0.15, 0.2) is 57.9 Å². The summed E-state index contributed by atoms with van der Waals surface area (Å²) in [6.07, 6.45) is 1.87. The van der Waals surface area contributed by atoms with Gasteiger partial charge in [0.2, 0.25) is 10.0 Å². The lowest BCUT2D eigenvalue weighted by Crippen LogP contribution is -2.33. The SMILES string of the molecule is Cl.O=S(=O)(NCCCN1CCc2ccccc2C1)c1ccc(Br)cc1. The molecule has 0 saturated carbocycles. The first-order valence-corrected chi connectivity index (χ1v) is 10.4. The number of fused-ring (bicyclic) bond motifs is 1. The van der Waals surface area contributed by atoms with Gasteiger partial charge in [0.15, 0.2) is 0 Å². The fraction of sp³-hybridized carbons (Fsp3) is 0.333. The van der Waals surface area contributed by atoms with E-state index in [2.05, 4.69) is 49.8 Å². The van der Waals surface area contributed by atoms with Crippen LogP contribution in [0.2, 0.25) is 0 Å². The lowest BCUT2D eigenvalue weighted by molar-refractivity contribution is 0.251. The van der Waals surface area contributed by atoms with E-state index in [1.165, 1.54) is 11.1 Å². The molecule has 0 unspecified atom stereocenters. The van der Waals surface area contributed by atoms with Crippen molar-refractivity contribution >= 4 is 38.4 Å². The van der Waals surface area contributed by atoms with Crippen LogP contribution in [0.3, 0.4) is 0 Å². The number of sulfonamides is 1. The molecule has 1 aliphatic heterocycles. The highest BCUT2D eigenvalue weighted by Gasteiger charge is 2.16. The van der Waals surface area contributed by atoms with Gasteiger partial charge in [0.25, 0.3) is 0 Å². The van der Waals surface area contributed by atoms with Crippen LogP contribution in [0.25, 0.3) is 0 Å². The molecule has 0 amide bonds. The summed E-state index contributed by atoms with van der Waals surface area (Å²) >= 11 is 3.31. The average molecular weight is 446 g/mol. The molecule has 1 N–H and O–H groups in total. The molecule has 7 heteroatoms. The topological polar surface area (TPSA) is 49.4 Å². The molecule has 0 saturated heterocycles. The minimum absolute atomic E-state index is 0. The molecular formula is C18H22BrClN2O2S. The Morgan fingerprint density at radius 2 is 1.72 bits per heavy atom. The molecular weight excluding hydrogens is 424 g/mol. The molecule has 2 aromatic rings. The molecule has 25 heavy (non-hydrogen) atoms. The molecule has 0 aliphatic carbocycles. The quantitative estimate of drug-likeness (QED) is 0.691. The Bertz CT molecular complexity index is 797. The van der Waals surface area contributed by atoms with Crippen LogP contribution in [0.1, 0.15) is 17.5 Å². The molecule has 0 atom stereocenters. The number of nitrogens with one attached hydrogen (secondary N) is 1. The predicted molar refractivity (Wildman–Crippen MR) is 107 cm³/mol. The van der Waals surface area contributed by atoms with Crippen molar-refractivity contribution in [3.8, 4) is 0 Å². The van der Waals surface area contributed by atoms with Crippen molar-refractivity contribution in [2.45, 2.75) is 24.3 Å². The molecule has 4 nitrogen and oxygen atoms in total. The van der Waals surface area contributed by atoms with E-state index in [1.807, 2.05) is 0 Å². The highest BCUT2D eigenvalue weighted by Crippen LogP contribution is 2.18. The van der Waals surface area contributed by atoms with Crippen LogP contribution >= 0.6 is 28.3 Å². The average Bonchev–Trinajstić information content (AvgIpc) is 2.59. The van der Waals surface area contributed by atoms with Crippen LogP contribution in [0, 0.1) is 0 Å². The van der Waals surface area contributed by atoms with Crippen molar-refractivity contribution in [2.75, 3.05) is 19.6 Å². The van der Waals surface area contributed by atoms with Gasteiger partial charge in [-0.3, -0.25) is 4.90 Å². The number of benzene rings is 2. The van der Waals surface area contributed by atoms with E-state index in [9.17, 15) is 8.42 Å². The van der Waals surface area contributed by atoms with E-state index in [0.717, 1.165) is 36.9 Å². The fourth-order valence-electron chi connectivity index (χ4n) is 2.95. The van der Waals surface area contributed by atoms with Crippen molar-refractivity contribution in [3.63, 3.8) is 0 Å². The second-order valence-electron chi connectivity index (χ2n) is 6.00. The zero-order valence-electron chi connectivity index (χ0n) is 13.8. The van der Waals surface area contributed by atoms with Crippen molar-refractivity contribution in [1.82, 2.24) is 9.62 Å². The van der Waals surface area contributed by atoms with Crippen molar-refractivity contribution in [1.29, 1.82) is 0 Å². The Kier molecular flexibility index (Phi) is 7.46. The Labute approximate surface area is 164 Å². The van der Waals surface area contributed by atoms with Gasteiger partial charge in [0, 0.05) is 24.1 Å². The molecule has 1 heterocycles. The largest absolute Gasteiger partial charge is 0.299 e. The van der Waals surface area contributed by atoms with Gasteiger partial charge in [-0.15, -0.1) is 12.4 Å². The second-order valence-corrected chi connectivity index (χ2v) is 8.68. The maximum atomic E-state index is 12.2. The summed E-state index contributed by atoms with van der Waals surface area (Å²) in [4.78, 5) is 2.69. The maximum absolute atomic E-state index is 12.2. The van der Waals surface area contributed by atoms with Crippen LogP contribution in [-0.4, -0.2) is 33.0 Å². The summed E-state index contributed by atoms with van der Waals surface area (Å²) in [5, 5.41) is 0. The molecule has 136 valence electrons. The first-order chi connectivity index (χ1) is 11.5. The summed E-state index contributed by atoms with van der Waals surface area (Å²) in [6.45, 7) is 3.35. The number of hydrogen-bond donors (Lipinski definition) is 1. The third-order valence-corrected chi connectivity index (χ3v) is 6.28. The van der Waals surface area contributed by atoms with Gasteiger partial charge in [-0.05, 0) is 54.8 Å². The molecule has 1 aliphatic rings. The minimum atomic E-state index is -3.42. The lowest BCUT2D eigenvalue weighted by Gasteiger charge is -2.28. The highest BCUT2D eigenvalue weighted by atomic mass is 79.9. The maximum Gasteiger partial charge on any atom is 0.240 e. The van der Waals surface area contributed by atoms with Gasteiger partial charge in [0.05, 0.1) is 4.90 Å². The molecule has 0 bridgehead atoms. The normalized spacial score (nSPS) is 14.6. The van der Waals surface area contributed by atoms with Crippen LogP contribution in [0.4, 0.5) is 0 Å². The first kappa shape index (κ1) is 20.4. The second kappa shape index (κ2) is 9.14. The van der Waals surface area contributed by atoms with Gasteiger partial charge in [-0.25, -0.2) is 13.1 Å². The molecule has 2 aromatic carbocycles. The first-order valence-electron chi connectivity index (χ1n) is 8.09. The number of hydrogen-bond acceptors (Lipinski definition) is 3. The van der Waals surface area contributed by atoms with Gasteiger partial charge in [-0.1, -0.05) is 40.2 Å². The van der Waals surface area contributed by atoms with E-state index in [4.69, 9.17) is 0 Å². The lowest BCUT2D eigenvalue weighted by atomic mass is 10.00. The van der Waals surface area contributed by atoms with Crippen LogP contribution in [-0.2, 0) is 23.0 Å². The monoisotopic (exact) mass is 444 g/mol. The van der Waals surface area contributed by atoms with E-state index >= 15 is 0 Å². The van der Waals surface area contributed by atoms with Gasteiger partial charge in [-0.2, -0.15) is 0 Å². The standard InChI is InChI=1S/C18H21BrN2O2S.ClH/c19-17-6-8-18(9-7-17)24(22,23)20-11-3-12-21-13-10-15-4-1-2-5-16(15)14-21;/h1-2,4-9,20H,3,10-14H2;1H. The van der Waals surface area contributed by atoms with E-state index in [-0.39, 0.29) is 12.4 Å². The Morgan fingerprint density at radius 1 is 1.04 bits per heavy atom. The fourth-order valence-corrected chi connectivity index (χ4v) is 4.29. The Hall–Kier alpha value is -0.920. The zero-order valence-corrected chi connectivity index (χ0v) is 17.0. The third kappa shape index (κ3) is 5.53. The van der Waals surface area contributed by atoms with Crippen molar-refractivity contribution < 1.29 is 8.42 Å².